The van der Waals surface area contributed by atoms with Gasteiger partial charge in [-0.25, -0.2) is 0 Å². The van der Waals surface area contributed by atoms with Crippen LogP contribution in [0.15, 0.2) is 0 Å². The van der Waals surface area contributed by atoms with E-state index >= 15 is 0 Å². The third-order valence-corrected chi connectivity index (χ3v) is 4.28. The average Bonchev–Trinajstić information content (AvgIpc) is 2.73. The summed E-state index contributed by atoms with van der Waals surface area (Å²) in [7, 11) is 0. The molecular formula is C15H25N3O3. The maximum absolute atomic E-state index is 12.2. The highest BCUT2D eigenvalue weighted by Gasteiger charge is 2.48. The van der Waals surface area contributed by atoms with Crippen molar-refractivity contribution in [1.29, 1.82) is 0 Å². The van der Waals surface area contributed by atoms with Gasteiger partial charge in [0.25, 0.3) is 0 Å². The number of amides is 3. The standard InChI is InChI=1S/C15H25N3O3/c1-2-7-16-8-9-17-13(19)10-18-14(20)11-5-3-4-6-12(11)15(18)21/h11-12,16H,2-10H2,1H3,(H,17,19). The number of rotatable bonds is 7. The fourth-order valence-corrected chi connectivity index (χ4v) is 3.18. The normalized spacial score (nSPS) is 25.1. The van der Waals surface area contributed by atoms with Crippen LogP contribution in [0.1, 0.15) is 39.0 Å². The quantitative estimate of drug-likeness (QED) is 0.522. The van der Waals surface area contributed by atoms with Crippen molar-refractivity contribution in [2.45, 2.75) is 39.0 Å². The fourth-order valence-electron chi connectivity index (χ4n) is 3.18. The van der Waals surface area contributed by atoms with E-state index in [1.165, 1.54) is 0 Å². The van der Waals surface area contributed by atoms with E-state index in [0.717, 1.165) is 43.5 Å². The minimum absolute atomic E-state index is 0.127. The molecule has 3 amide bonds. The lowest BCUT2D eigenvalue weighted by Crippen LogP contribution is -2.42. The van der Waals surface area contributed by atoms with Crippen LogP contribution in [0.2, 0.25) is 0 Å². The van der Waals surface area contributed by atoms with Gasteiger partial charge in [-0.3, -0.25) is 19.3 Å². The van der Waals surface area contributed by atoms with E-state index in [4.69, 9.17) is 0 Å². The lowest BCUT2D eigenvalue weighted by molar-refractivity contribution is -0.143. The first kappa shape index (κ1) is 15.9. The molecule has 1 saturated heterocycles. The van der Waals surface area contributed by atoms with Crippen molar-refractivity contribution in [1.82, 2.24) is 15.5 Å². The minimum Gasteiger partial charge on any atom is -0.353 e. The van der Waals surface area contributed by atoms with Crippen LogP contribution in [0.5, 0.6) is 0 Å². The van der Waals surface area contributed by atoms with E-state index in [1.54, 1.807) is 0 Å². The highest BCUT2D eigenvalue weighted by Crippen LogP contribution is 2.37. The molecule has 2 unspecified atom stereocenters. The zero-order valence-corrected chi connectivity index (χ0v) is 12.7. The maximum Gasteiger partial charge on any atom is 0.240 e. The summed E-state index contributed by atoms with van der Waals surface area (Å²) in [5.41, 5.74) is 0. The molecule has 2 rings (SSSR count). The van der Waals surface area contributed by atoms with Gasteiger partial charge in [0.15, 0.2) is 0 Å². The number of carbonyl (C=O) groups is 3. The number of hydrogen-bond donors (Lipinski definition) is 2. The molecule has 1 aliphatic carbocycles. The molecule has 1 aliphatic heterocycles. The Bertz CT molecular complexity index is 387. The summed E-state index contributed by atoms with van der Waals surface area (Å²) in [5, 5.41) is 5.92. The summed E-state index contributed by atoms with van der Waals surface area (Å²) < 4.78 is 0. The van der Waals surface area contributed by atoms with E-state index in [2.05, 4.69) is 17.6 Å². The zero-order valence-electron chi connectivity index (χ0n) is 12.7. The van der Waals surface area contributed by atoms with Crippen LogP contribution in [0, 0.1) is 11.8 Å². The number of likely N-dealkylation sites (tertiary alicyclic amines) is 1. The van der Waals surface area contributed by atoms with Crippen LogP contribution < -0.4 is 10.6 Å². The first-order valence-corrected chi connectivity index (χ1v) is 7.97. The number of fused-ring (bicyclic) bond motifs is 1. The number of imide groups is 1. The molecule has 0 spiro atoms. The molecule has 0 aromatic heterocycles. The Labute approximate surface area is 125 Å². The van der Waals surface area contributed by atoms with Crippen molar-refractivity contribution in [3.8, 4) is 0 Å². The van der Waals surface area contributed by atoms with E-state index in [-0.39, 0.29) is 36.1 Å². The van der Waals surface area contributed by atoms with Crippen molar-refractivity contribution in [2.75, 3.05) is 26.2 Å². The smallest absolute Gasteiger partial charge is 0.240 e. The monoisotopic (exact) mass is 295 g/mol. The Hall–Kier alpha value is -1.43. The third-order valence-electron chi connectivity index (χ3n) is 4.28. The van der Waals surface area contributed by atoms with Gasteiger partial charge in [-0.05, 0) is 25.8 Å². The van der Waals surface area contributed by atoms with E-state index in [1.807, 2.05) is 0 Å². The molecule has 0 aromatic carbocycles. The molecule has 0 bridgehead atoms. The van der Waals surface area contributed by atoms with Crippen LogP contribution in [0.3, 0.4) is 0 Å². The molecular weight excluding hydrogens is 270 g/mol. The number of carbonyl (C=O) groups excluding carboxylic acids is 3. The molecule has 2 atom stereocenters. The second-order valence-electron chi connectivity index (χ2n) is 5.86. The van der Waals surface area contributed by atoms with Crippen molar-refractivity contribution in [2.24, 2.45) is 11.8 Å². The van der Waals surface area contributed by atoms with Gasteiger partial charge in [-0.15, -0.1) is 0 Å². The van der Waals surface area contributed by atoms with E-state index in [9.17, 15) is 14.4 Å². The lowest BCUT2D eigenvalue weighted by atomic mass is 9.81. The van der Waals surface area contributed by atoms with Gasteiger partial charge in [0, 0.05) is 13.1 Å². The fraction of sp³-hybridized carbons (Fsp3) is 0.800. The molecule has 2 fully saturated rings. The van der Waals surface area contributed by atoms with E-state index < -0.39 is 0 Å². The van der Waals surface area contributed by atoms with Crippen LogP contribution in [0.25, 0.3) is 0 Å². The van der Waals surface area contributed by atoms with Crippen molar-refractivity contribution < 1.29 is 14.4 Å². The summed E-state index contributed by atoms with van der Waals surface area (Å²) >= 11 is 0. The van der Waals surface area contributed by atoms with Gasteiger partial charge < -0.3 is 10.6 Å². The van der Waals surface area contributed by atoms with Gasteiger partial charge in [-0.2, -0.15) is 0 Å². The zero-order chi connectivity index (χ0) is 15.2. The number of hydrogen-bond acceptors (Lipinski definition) is 4. The van der Waals surface area contributed by atoms with Crippen LogP contribution >= 0.6 is 0 Å². The largest absolute Gasteiger partial charge is 0.353 e. The molecule has 2 N–H and O–H groups in total. The second-order valence-corrected chi connectivity index (χ2v) is 5.86. The SMILES string of the molecule is CCCNCCNC(=O)CN1C(=O)C2CCCCC2C1=O. The Morgan fingerprint density at radius 1 is 1.10 bits per heavy atom. The maximum atomic E-state index is 12.2. The predicted molar refractivity (Wildman–Crippen MR) is 78.3 cm³/mol. The first-order valence-electron chi connectivity index (χ1n) is 7.97. The van der Waals surface area contributed by atoms with Crippen molar-refractivity contribution in [3.05, 3.63) is 0 Å². The highest BCUT2D eigenvalue weighted by atomic mass is 16.2. The van der Waals surface area contributed by atoms with Gasteiger partial charge in [-0.1, -0.05) is 19.8 Å². The van der Waals surface area contributed by atoms with Crippen molar-refractivity contribution in [3.63, 3.8) is 0 Å². The Morgan fingerprint density at radius 2 is 1.71 bits per heavy atom. The summed E-state index contributed by atoms with van der Waals surface area (Å²) in [6.45, 7) is 4.09. The summed E-state index contributed by atoms with van der Waals surface area (Å²) in [5.74, 6) is -0.905. The molecule has 2 aliphatic rings. The molecule has 0 aromatic rings. The van der Waals surface area contributed by atoms with Gasteiger partial charge in [0.2, 0.25) is 17.7 Å². The molecule has 21 heavy (non-hydrogen) atoms. The predicted octanol–water partition coefficient (Wildman–Crippen LogP) is 0.277. The lowest BCUT2D eigenvalue weighted by Gasteiger charge is -2.19. The summed E-state index contributed by atoms with van der Waals surface area (Å²) in [6, 6.07) is 0. The van der Waals surface area contributed by atoms with Crippen LogP contribution in [0.4, 0.5) is 0 Å². The average molecular weight is 295 g/mol. The molecule has 0 radical (unpaired) electrons. The summed E-state index contributed by atoms with van der Waals surface area (Å²) in [4.78, 5) is 37.4. The highest BCUT2D eigenvalue weighted by molar-refractivity contribution is 6.07. The van der Waals surface area contributed by atoms with Gasteiger partial charge >= 0.3 is 0 Å². The molecule has 6 heteroatoms. The Balaban J connectivity index is 1.78. The summed E-state index contributed by atoms with van der Waals surface area (Å²) in [6.07, 6.45) is 4.63. The first-order chi connectivity index (χ1) is 10.1. The number of nitrogens with one attached hydrogen (secondary N) is 2. The molecule has 1 saturated carbocycles. The molecule has 118 valence electrons. The molecule has 6 nitrogen and oxygen atoms in total. The van der Waals surface area contributed by atoms with Crippen molar-refractivity contribution >= 4 is 17.7 Å². The van der Waals surface area contributed by atoms with Gasteiger partial charge in [0.05, 0.1) is 11.8 Å². The minimum atomic E-state index is -0.256. The van der Waals surface area contributed by atoms with E-state index in [0.29, 0.717) is 13.1 Å². The van der Waals surface area contributed by atoms with Gasteiger partial charge in [0.1, 0.15) is 6.54 Å². The van der Waals surface area contributed by atoms with Crippen LogP contribution in [-0.2, 0) is 14.4 Å². The van der Waals surface area contributed by atoms with Crippen LogP contribution in [-0.4, -0.2) is 48.8 Å². The third kappa shape index (κ3) is 3.81. The topological polar surface area (TPSA) is 78.5 Å². The Kier molecular flexibility index (Phi) is 5.73. The molecule has 1 heterocycles. The second kappa shape index (κ2) is 7.54. The Morgan fingerprint density at radius 3 is 2.29 bits per heavy atom. The number of nitrogens with zero attached hydrogens (tertiary/aromatic N) is 1.